The molecule has 0 saturated carbocycles. The quantitative estimate of drug-likeness (QED) is 0.515. The van der Waals surface area contributed by atoms with E-state index in [0.717, 1.165) is 43.8 Å². The van der Waals surface area contributed by atoms with Gasteiger partial charge in [0.15, 0.2) is 0 Å². The normalized spacial score (nSPS) is 17.4. The highest BCUT2D eigenvalue weighted by molar-refractivity contribution is 7.13. The molecule has 2 aliphatic rings. The van der Waals surface area contributed by atoms with Crippen LogP contribution in [0.25, 0.3) is 12.2 Å². The monoisotopic (exact) mass is 422 g/mol. The van der Waals surface area contributed by atoms with Gasteiger partial charge in [0, 0.05) is 54.2 Å². The number of carbonyl (C=O) groups excluding carboxylic acids is 1. The van der Waals surface area contributed by atoms with E-state index in [1.165, 1.54) is 47.1 Å². The fraction of sp³-hybridized carbons (Fsp3) is 0.417. The van der Waals surface area contributed by atoms with Gasteiger partial charge in [0.1, 0.15) is 6.29 Å². The van der Waals surface area contributed by atoms with Crippen LogP contribution in [-0.2, 0) is 17.8 Å². The summed E-state index contributed by atoms with van der Waals surface area (Å²) in [6, 6.07) is 4.93. The highest BCUT2D eigenvalue weighted by Crippen LogP contribution is 2.28. The van der Waals surface area contributed by atoms with Gasteiger partial charge in [0.2, 0.25) is 0 Å². The minimum absolute atomic E-state index is 0.589. The molecular weight excluding hydrogens is 392 g/mol. The fourth-order valence-corrected chi connectivity index (χ4v) is 5.35. The van der Waals surface area contributed by atoms with Crippen molar-refractivity contribution in [1.82, 2.24) is 15.2 Å². The number of aldehydes is 1. The van der Waals surface area contributed by atoms with E-state index < -0.39 is 0 Å². The van der Waals surface area contributed by atoms with Gasteiger partial charge >= 0.3 is 0 Å². The number of thiophene rings is 1. The van der Waals surface area contributed by atoms with Crippen LogP contribution in [0.4, 0.5) is 5.69 Å². The Bertz CT molecular complexity index is 912. The third kappa shape index (κ3) is 5.25. The number of nitrogens with one attached hydrogen (secondary N) is 1. The second-order valence-corrected chi connectivity index (χ2v) is 9.25. The predicted octanol–water partition coefficient (Wildman–Crippen LogP) is 3.96. The third-order valence-corrected chi connectivity index (χ3v) is 7.05. The lowest BCUT2D eigenvalue weighted by Crippen LogP contribution is -2.45. The van der Waals surface area contributed by atoms with Crippen LogP contribution in [0.5, 0.6) is 0 Å². The van der Waals surface area contributed by atoms with Gasteiger partial charge in [-0.2, -0.15) is 0 Å². The van der Waals surface area contributed by atoms with Crippen molar-refractivity contribution in [2.75, 3.05) is 31.7 Å². The van der Waals surface area contributed by atoms with Crippen molar-refractivity contribution in [2.45, 2.75) is 38.3 Å². The van der Waals surface area contributed by atoms with Gasteiger partial charge in [-0.15, -0.1) is 11.3 Å². The number of hydrogen-bond acceptors (Lipinski definition) is 6. The second kappa shape index (κ2) is 10.2. The molecule has 1 aliphatic carbocycles. The molecular formula is C24H30N4OS. The van der Waals surface area contributed by atoms with Crippen LogP contribution in [0.15, 0.2) is 36.7 Å². The van der Waals surface area contributed by atoms with E-state index in [1.54, 1.807) is 6.20 Å². The topological polar surface area (TPSA) is 48.5 Å². The molecule has 0 radical (unpaired) electrons. The molecule has 158 valence electrons. The smallest absolute Gasteiger partial charge is 0.142 e. The molecule has 2 aromatic rings. The molecule has 1 saturated heterocycles. The highest BCUT2D eigenvalue weighted by Gasteiger charge is 2.21. The molecule has 0 spiro atoms. The summed E-state index contributed by atoms with van der Waals surface area (Å²) in [5.74, 6) is 0. The zero-order valence-corrected chi connectivity index (χ0v) is 18.4. The number of rotatable bonds is 8. The van der Waals surface area contributed by atoms with E-state index in [9.17, 15) is 4.79 Å². The van der Waals surface area contributed by atoms with E-state index in [2.05, 4.69) is 45.4 Å². The fourth-order valence-electron chi connectivity index (χ4n) is 4.25. The molecule has 1 aliphatic heterocycles. The maximum Gasteiger partial charge on any atom is 0.142 e. The summed E-state index contributed by atoms with van der Waals surface area (Å²) in [6.07, 6.45) is 17.1. The molecule has 3 heterocycles. The highest BCUT2D eigenvalue weighted by atomic mass is 32.1. The predicted molar refractivity (Wildman–Crippen MR) is 126 cm³/mol. The molecule has 1 fully saturated rings. The number of hydrogen-bond donors (Lipinski definition) is 1. The standard InChI is InChI=1S/C24H30N4OS/c1-27(23-17-25-11-8-19(23)6-4-14-29)18-28-12-9-21(10-13-28)26-16-22-15-20-5-2-3-7-24(20)30-22/h3-4,6-8,11,14-15,17,21,26H,2,5,9-10,12-13,16,18H2,1H3/b6-4-. The van der Waals surface area contributed by atoms with Gasteiger partial charge in [-0.25, -0.2) is 0 Å². The first kappa shape index (κ1) is 21.0. The average Bonchev–Trinajstić information content (AvgIpc) is 3.20. The molecule has 1 N–H and O–H groups in total. The largest absolute Gasteiger partial charge is 0.360 e. The Morgan fingerprint density at radius 3 is 3.03 bits per heavy atom. The van der Waals surface area contributed by atoms with Crippen molar-refractivity contribution in [2.24, 2.45) is 0 Å². The number of fused-ring (bicyclic) bond motifs is 1. The summed E-state index contributed by atoms with van der Waals surface area (Å²) in [6.45, 7) is 4.03. The van der Waals surface area contributed by atoms with Crippen molar-refractivity contribution in [3.8, 4) is 0 Å². The van der Waals surface area contributed by atoms with E-state index >= 15 is 0 Å². The average molecular weight is 423 g/mol. The SMILES string of the molecule is CN(CN1CCC(NCc2cc3c(s2)C=CCC3)CC1)c1cnccc1/C=C\C=O. The first-order valence-corrected chi connectivity index (χ1v) is 11.6. The van der Waals surface area contributed by atoms with Crippen LogP contribution in [0.1, 0.15) is 40.1 Å². The molecule has 0 unspecified atom stereocenters. The zero-order chi connectivity index (χ0) is 20.8. The van der Waals surface area contributed by atoms with Gasteiger partial charge in [-0.3, -0.25) is 14.7 Å². The molecule has 4 rings (SSSR count). The maximum atomic E-state index is 10.7. The van der Waals surface area contributed by atoms with E-state index in [1.807, 2.05) is 29.7 Å². The van der Waals surface area contributed by atoms with Crippen molar-refractivity contribution >= 4 is 35.5 Å². The number of pyridine rings is 1. The van der Waals surface area contributed by atoms with Gasteiger partial charge < -0.3 is 10.2 Å². The number of nitrogens with zero attached hydrogens (tertiary/aromatic N) is 3. The summed E-state index contributed by atoms with van der Waals surface area (Å²) in [5.41, 5.74) is 3.59. The summed E-state index contributed by atoms with van der Waals surface area (Å²) in [4.78, 5) is 22.6. The molecule has 5 nitrogen and oxygen atoms in total. The number of anilines is 1. The van der Waals surface area contributed by atoms with Crippen LogP contribution in [0.2, 0.25) is 0 Å². The Hall–Kier alpha value is -2.28. The van der Waals surface area contributed by atoms with Crippen molar-refractivity contribution < 1.29 is 4.79 Å². The number of aryl methyl sites for hydroxylation is 1. The number of allylic oxidation sites excluding steroid dienone is 2. The first-order valence-electron chi connectivity index (χ1n) is 10.7. The Morgan fingerprint density at radius 1 is 1.37 bits per heavy atom. The Kier molecular flexibility index (Phi) is 7.10. The van der Waals surface area contributed by atoms with Gasteiger partial charge in [0.25, 0.3) is 0 Å². The van der Waals surface area contributed by atoms with Crippen molar-refractivity contribution in [3.63, 3.8) is 0 Å². The lowest BCUT2D eigenvalue weighted by molar-refractivity contribution is -0.104. The Balaban J connectivity index is 1.25. The zero-order valence-electron chi connectivity index (χ0n) is 17.6. The molecule has 0 amide bonds. The van der Waals surface area contributed by atoms with Crippen molar-refractivity contribution in [1.29, 1.82) is 0 Å². The summed E-state index contributed by atoms with van der Waals surface area (Å²) in [7, 11) is 2.09. The number of aromatic nitrogens is 1. The van der Waals surface area contributed by atoms with Crippen LogP contribution in [0.3, 0.4) is 0 Å². The Morgan fingerprint density at radius 2 is 2.23 bits per heavy atom. The lowest BCUT2D eigenvalue weighted by Gasteiger charge is -2.35. The first-order chi connectivity index (χ1) is 14.7. The number of piperidine rings is 1. The summed E-state index contributed by atoms with van der Waals surface area (Å²) < 4.78 is 0. The third-order valence-electron chi connectivity index (χ3n) is 5.91. The Labute approximate surface area is 183 Å². The van der Waals surface area contributed by atoms with Crippen LogP contribution in [0, 0.1) is 0 Å². The van der Waals surface area contributed by atoms with E-state index in [-0.39, 0.29) is 0 Å². The lowest BCUT2D eigenvalue weighted by atomic mass is 10.0. The summed E-state index contributed by atoms with van der Waals surface area (Å²) >= 11 is 1.94. The maximum absolute atomic E-state index is 10.7. The number of likely N-dealkylation sites (tertiary alicyclic amines) is 1. The van der Waals surface area contributed by atoms with Gasteiger partial charge in [-0.1, -0.05) is 6.08 Å². The van der Waals surface area contributed by atoms with E-state index in [0.29, 0.717) is 6.04 Å². The molecule has 0 atom stereocenters. The van der Waals surface area contributed by atoms with Crippen molar-refractivity contribution in [3.05, 3.63) is 57.6 Å². The molecule has 2 aromatic heterocycles. The minimum Gasteiger partial charge on any atom is -0.360 e. The molecule has 0 bridgehead atoms. The summed E-state index contributed by atoms with van der Waals surface area (Å²) in [5, 5.41) is 3.78. The van der Waals surface area contributed by atoms with Gasteiger partial charge in [0.05, 0.1) is 18.6 Å². The minimum atomic E-state index is 0.589. The van der Waals surface area contributed by atoms with Crippen LogP contribution >= 0.6 is 11.3 Å². The number of carbonyl (C=O) groups is 1. The second-order valence-electron chi connectivity index (χ2n) is 8.09. The van der Waals surface area contributed by atoms with E-state index in [4.69, 9.17) is 0 Å². The molecule has 30 heavy (non-hydrogen) atoms. The van der Waals surface area contributed by atoms with Crippen LogP contribution in [-0.4, -0.2) is 49.0 Å². The molecule has 6 heteroatoms. The van der Waals surface area contributed by atoms with Crippen LogP contribution < -0.4 is 10.2 Å². The van der Waals surface area contributed by atoms with Gasteiger partial charge in [-0.05, 0) is 61.6 Å². The molecule has 0 aromatic carbocycles.